The number of likely N-dealkylation sites (tertiary alicyclic amines) is 1. The van der Waals surface area contributed by atoms with Crippen LogP contribution >= 0.6 is 0 Å². The van der Waals surface area contributed by atoms with Crippen molar-refractivity contribution in [3.63, 3.8) is 0 Å². The third-order valence-corrected chi connectivity index (χ3v) is 6.03. The fraction of sp³-hybridized carbons (Fsp3) is 0.600. The summed E-state index contributed by atoms with van der Waals surface area (Å²) in [7, 11) is 0. The van der Waals surface area contributed by atoms with E-state index in [-0.39, 0.29) is 41.4 Å². The summed E-state index contributed by atoms with van der Waals surface area (Å²) in [6, 6.07) is 6.71. The van der Waals surface area contributed by atoms with Gasteiger partial charge in [0.2, 0.25) is 11.8 Å². The van der Waals surface area contributed by atoms with E-state index in [9.17, 15) is 14.0 Å². The standard InChI is InChI=1S/C20H25FN2O2/c21-15-6-4-13(5-7-15)17-12-18(17)20(25)23-10-8-16(9-11-23)22-19(24)14-2-1-3-14/h4-7,14,16-18H,1-3,8-12H2,(H,22,24)/t17-,18+/m1/s1. The lowest BCUT2D eigenvalue weighted by Gasteiger charge is -2.34. The molecule has 5 heteroatoms. The number of rotatable bonds is 4. The number of carbonyl (C=O) groups excluding carboxylic acids is 2. The number of benzene rings is 1. The summed E-state index contributed by atoms with van der Waals surface area (Å²) >= 11 is 0. The van der Waals surface area contributed by atoms with Gasteiger partial charge in [-0.15, -0.1) is 0 Å². The molecule has 4 nitrogen and oxygen atoms in total. The van der Waals surface area contributed by atoms with Crippen LogP contribution in [0.25, 0.3) is 0 Å². The van der Waals surface area contributed by atoms with Gasteiger partial charge in [-0.3, -0.25) is 9.59 Å². The van der Waals surface area contributed by atoms with Crippen LogP contribution < -0.4 is 5.32 Å². The molecule has 3 aliphatic rings. The smallest absolute Gasteiger partial charge is 0.226 e. The van der Waals surface area contributed by atoms with Crippen LogP contribution in [0.5, 0.6) is 0 Å². The molecule has 1 saturated heterocycles. The first-order chi connectivity index (χ1) is 12.1. The van der Waals surface area contributed by atoms with Crippen molar-refractivity contribution in [2.45, 2.75) is 50.5 Å². The quantitative estimate of drug-likeness (QED) is 0.913. The van der Waals surface area contributed by atoms with Gasteiger partial charge in [0.05, 0.1) is 0 Å². The molecule has 1 aliphatic heterocycles. The fourth-order valence-electron chi connectivity index (χ4n) is 4.01. The molecule has 0 spiro atoms. The lowest BCUT2D eigenvalue weighted by Crippen LogP contribution is -2.48. The van der Waals surface area contributed by atoms with Gasteiger partial charge in [0.1, 0.15) is 5.82 Å². The monoisotopic (exact) mass is 344 g/mol. The van der Waals surface area contributed by atoms with Crippen molar-refractivity contribution < 1.29 is 14.0 Å². The van der Waals surface area contributed by atoms with E-state index in [1.165, 1.54) is 18.6 Å². The Hall–Kier alpha value is -1.91. The topological polar surface area (TPSA) is 49.4 Å². The molecule has 2 amide bonds. The second kappa shape index (κ2) is 6.77. The maximum Gasteiger partial charge on any atom is 0.226 e. The molecule has 25 heavy (non-hydrogen) atoms. The number of nitrogens with zero attached hydrogens (tertiary/aromatic N) is 1. The molecule has 1 aromatic rings. The highest BCUT2D eigenvalue weighted by atomic mass is 19.1. The van der Waals surface area contributed by atoms with Gasteiger partial charge in [0, 0.05) is 31.0 Å². The number of nitrogens with one attached hydrogen (secondary N) is 1. The highest BCUT2D eigenvalue weighted by Crippen LogP contribution is 2.48. The first-order valence-electron chi connectivity index (χ1n) is 9.46. The van der Waals surface area contributed by atoms with Crippen LogP contribution in [0.15, 0.2) is 24.3 Å². The first-order valence-corrected chi connectivity index (χ1v) is 9.46. The normalized spacial score (nSPS) is 26.8. The molecule has 2 aliphatic carbocycles. The van der Waals surface area contributed by atoms with Crippen molar-refractivity contribution in [2.75, 3.05) is 13.1 Å². The molecule has 1 N–H and O–H groups in total. The second-order valence-corrected chi connectivity index (χ2v) is 7.74. The summed E-state index contributed by atoms with van der Waals surface area (Å²) in [5, 5.41) is 3.15. The molecule has 134 valence electrons. The van der Waals surface area contributed by atoms with E-state index in [0.29, 0.717) is 0 Å². The Bertz CT molecular complexity index is 648. The van der Waals surface area contributed by atoms with E-state index in [1.54, 1.807) is 12.1 Å². The Morgan fingerprint density at radius 3 is 2.32 bits per heavy atom. The molecule has 2 atom stereocenters. The summed E-state index contributed by atoms with van der Waals surface area (Å²) in [6.07, 6.45) is 5.77. The predicted octanol–water partition coefficient (Wildman–Crippen LogP) is 2.84. The Balaban J connectivity index is 1.24. The molecule has 0 unspecified atom stereocenters. The summed E-state index contributed by atoms with van der Waals surface area (Å²) < 4.78 is 13.0. The largest absolute Gasteiger partial charge is 0.353 e. The zero-order valence-electron chi connectivity index (χ0n) is 14.4. The summed E-state index contributed by atoms with van der Waals surface area (Å²) in [4.78, 5) is 26.6. The molecule has 1 aromatic carbocycles. The maximum atomic E-state index is 13.0. The lowest BCUT2D eigenvalue weighted by atomic mass is 9.84. The summed E-state index contributed by atoms with van der Waals surface area (Å²) in [5.41, 5.74) is 1.06. The molecule has 1 heterocycles. The third-order valence-electron chi connectivity index (χ3n) is 6.03. The van der Waals surface area contributed by atoms with E-state index in [4.69, 9.17) is 0 Å². The Labute approximate surface area is 147 Å². The van der Waals surface area contributed by atoms with E-state index in [2.05, 4.69) is 5.32 Å². The number of carbonyl (C=O) groups is 2. The van der Waals surface area contributed by atoms with Gasteiger partial charge in [-0.25, -0.2) is 4.39 Å². The minimum atomic E-state index is -0.238. The minimum Gasteiger partial charge on any atom is -0.353 e. The molecule has 0 bridgehead atoms. The van der Waals surface area contributed by atoms with Crippen molar-refractivity contribution >= 4 is 11.8 Å². The van der Waals surface area contributed by atoms with Gasteiger partial charge >= 0.3 is 0 Å². The number of amides is 2. The van der Waals surface area contributed by atoms with Crippen molar-refractivity contribution in [3.8, 4) is 0 Å². The van der Waals surface area contributed by atoms with Crippen LogP contribution in [0.2, 0.25) is 0 Å². The fourth-order valence-corrected chi connectivity index (χ4v) is 4.01. The average molecular weight is 344 g/mol. The minimum absolute atomic E-state index is 0.0478. The van der Waals surface area contributed by atoms with Crippen molar-refractivity contribution in [3.05, 3.63) is 35.6 Å². The highest BCUT2D eigenvalue weighted by Gasteiger charge is 2.46. The van der Waals surface area contributed by atoms with E-state index < -0.39 is 0 Å². The maximum absolute atomic E-state index is 13.0. The van der Waals surface area contributed by atoms with Crippen LogP contribution in [0.1, 0.15) is 50.0 Å². The predicted molar refractivity (Wildman–Crippen MR) is 92.3 cm³/mol. The van der Waals surface area contributed by atoms with Crippen LogP contribution in [0.3, 0.4) is 0 Å². The zero-order chi connectivity index (χ0) is 17.4. The van der Waals surface area contributed by atoms with E-state index in [0.717, 1.165) is 50.8 Å². The van der Waals surface area contributed by atoms with Crippen LogP contribution in [0, 0.1) is 17.7 Å². The number of hydrogen-bond donors (Lipinski definition) is 1. The van der Waals surface area contributed by atoms with Gasteiger partial charge in [-0.05, 0) is 55.7 Å². The Morgan fingerprint density at radius 1 is 1.04 bits per heavy atom. The zero-order valence-corrected chi connectivity index (χ0v) is 14.4. The van der Waals surface area contributed by atoms with Crippen molar-refractivity contribution in [1.29, 1.82) is 0 Å². The van der Waals surface area contributed by atoms with Crippen LogP contribution in [-0.2, 0) is 9.59 Å². The molecular weight excluding hydrogens is 319 g/mol. The highest BCUT2D eigenvalue weighted by molar-refractivity contribution is 5.83. The Kier molecular flexibility index (Phi) is 4.48. The molecule has 0 aromatic heterocycles. The van der Waals surface area contributed by atoms with E-state index >= 15 is 0 Å². The molecule has 0 radical (unpaired) electrons. The molecule has 4 rings (SSSR count). The molecular formula is C20H25FN2O2. The summed E-state index contributed by atoms with van der Waals surface area (Å²) in [5.74, 6) is 0.698. The second-order valence-electron chi connectivity index (χ2n) is 7.74. The van der Waals surface area contributed by atoms with Crippen LogP contribution in [-0.4, -0.2) is 35.8 Å². The van der Waals surface area contributed by atoms with Crippen molar-refractivity contribution in [1.82, 2.24) is 10.2 Å². The SMILES string of the molecule is O=C(NC1CCN(C(=O)[C@H]2C[C@@H]2c2ccc(F)cc2)CC1)C1CCC1. The number of piperidine rings is 1. The molecule has 2 saturated carbocycles. The first kappa shape index (κ1) is 16.6. The number of halogens is 1. The molecule has 3 fully saturated rings. The van der Waals surface area contributed by atoms with Gasteiger partial charge in [0.25, 0.3) is 0 Å². The Morgan fingerprint density at radius 2 is 1.72 bits per heavy atom. The van der Waals surface area contributed by atoms with Gasteiger partial charge in [0.15, 0.2) is 0 Å². The lowest BCUT2D eigenvalue weighted by molar-refractivity contribution is -0.134. The van der Waals surface area contributed by atoms with E-state index in [1.807, 2.05) is 4.90 Å². The summed E-state index contributed by atoms with van der Waals surface area (Å²) in [6.45, 7) is 1.45. The van der Waals surface area contributed by atoms with Gasteiger partial charge in [-0.1, -0.05) is 18.6 Å². The van der Waals surface area contributed by atoms with Crippen LogP contribution in [0.4, 0.5) is 4.39 Å². The number of hydrogen-bond acceptors (Lipinski definition) is 2. The third kappa shape index (κ3) is 3.55. The van der Waals surface area contributed by atoms with Gasteiger partial charge in [-0.2, -0.15) is 0 Å². The van der Waals surface area contributed by atoms with Gasteiger partial charge < -0.3 is 10.2 Å². The van der Waals surface area contributed by atoms with Crippen molar-refractivity contribution in [2.24, 2.45) is 11.8 Å². The average Bonchev–Trinajstić information content (AvgIpc) is 3.34.